The van der Waals surface area contributed by atoms with Crippen LogP contribution in [-0.2, 0) is 0 Å². The summed E-state index contributed by atoms with van der Waals surface area (Å²) < 4.78 is 0.963. The molecule has 0 fully saturated rings. The summed E-state index contributed by atoms with van der Waals surface area (Å²) in [5.74, 6) is 0. The quantitative estimate of drug-likeness (QED) is 0.847. The molecule has 0 unspecified atom stereocenters. The van der Waals surface area contributed by atoms with Gasteiger partial charge < -0.3 is 5.32 Å². The number of unbranched alkanes of at least 4 members (excludes halogenated alkanes) is 1. The van der Waals surface area contributed by atoms with Crippen LogP contribution in [0, 0.1) is 11.3 Å². The highest BCUT2D eigenvalue weighted by Crippen LogP contribution is 2.25. The summed E-state index contributed by atoms with van der Waals surface area (Å²) in [5, 5.41) is 12.2. The van der Waals surface area contributed by atoms with E-state index in [4.69, 9.17) is 16.9 Å². The zero-order valence-corrected chi connectivity index (χ0v) is 9.90. The Hall–Kier alpha value is -0.720. The minimum Gasteiger partial charge on any atom is -0.384 e. The second-order valence-electron chi connectivity index (χ2n) is 2.81. The summed E-state index contributed by atoms with van der Waals surface area (Å²) in [7, 11) is 0. The predicted octanol–water partition coefficient (Wildman–Crippen LogP) is 3.82. The molecule has 0 aliphatic rings. The smallest absolute Gasteiger partial charge is 0.0648 e. The van der Waals surface area contributed by atoms with Gasteiger partial charge in [-0.2, -0.15) is 5.26 Å². The SMILES string of the molecule is N#CCCCNc1ccc(Br)cc1Cl. The van der Waals surface area contributed by atoms with Crippen molar-refractivity contribution in [2.45, 2.75) is 12.8 Å². The van der Waals surface area contributed by atoms with Gasteiger partial charge in [0.2, 0.25) is 0 Å². The second kappa shape index (κ2) is 5.90. The zero-order chi connectivity index (χ0) is 10.4. The molecule has 0 aliphatic heterocycles. The van der Waals surface area contributed by atoms with Crippen molar-refractivity contribution >= 4 is 33.2 Å². The first-order chi connectivity index (χ1) is 6.74. The Labute approximate surface area is 97.0 Å². The average Bonchev–Trinajstić information content (AvgIpc) is 2.15. The zero-order valence-electron chi connectivity index (χ0n) is 7.56. The third-order valence-electron chi connectivity index (χ3n) is 1.71. The highest BCUT2D eigenvalue weighted by atomic mass is 79.9. The maximum atomic E-state index is 8.34. The van der Waals surface area contributed by atoms with Gasteiger partial charge in [-0.3, -0.25) is 0 Å². The van der Waals surface area contributed by atoms with Crippen LogP contribution in [-0.4, -0.2) is 6.54 Å². The van der Waals surface area contributed by atoms with E-state index >= 15 is 0 Å². The van der Waals surface area contributed by atoms with Gasteiger partial charge >= 0.3 is 0 Å². The van der Waals surface area contributed by atoms with Crippen LogP contribution in [0.4, 0.5) is 5.69 Å². The molecule has 4 heteroatoms. The number of benzene rings is 1. The Morgan fingerprint density at radius 3 is 2.93 bits per heavy atom. The number of hydrogen-bond donors (Lipinski definition) is 1. The number of anilines is 1. The van der Waals surface area contributed by atoms with Crippen molar-refractivity contribution in [3.05, 3.63) is 27.7 Å². The fourth-order valence-corrected chi connectivity index (χ4v) is 1.76. The van der Waals surface area contributed by atoms with E-state index in [0.29, 0.717) is 11.4 Å². The third-order valence-corrected chi connectivity index (χ3v) is 2.52. The fourth-order valence-electron chi connectivity index (χ4n) is 1.02. The van der Waals surface area contributed by atoms with Crippen LogP contribution in [0.25, 0.3) is 0 Å². The summed E-state index contributed by atoms with van der Waals surface area (Å²) in [6.45, 7) is 0.773. The summed E-state index contributed by atoms with van der Waals surface area (Å²) in [5.41, 5.74) is 0.910. The molecule has 14 heavy (non-hydrogen) atoms. The predicted molar refractivity (Wildman–Crippen MR) is 62.5 cm³/mol. The Balaban J connectivity index is 2.47. The molecular weight excluding hydrogens is 263 g/mol. The monoisotopic (exact) mass is 272 g/mol. The van der Waals surface area contributed by atoms with Gasteiger partial charge in [0.1, 0.15) is 0 Å². The normalized spacial score (nSPS) is 9.50. The molecule has 0 aromatic heterocycles. The first-order valence-electron chi connectivity index (χ1n) is 4.30. The summed E-state index contributed by atoms with van der Waals surface area (Å²) in [6, 6.07) is 7.78. The number of nitriles is 1. The van der Waals surface area contributed by atoms with Crippen molar-refractivity contribution < 1.29 is 0 Å². The number of halogens is 2. The van der Waals surface area contributed by atoms with Crippen molar-refractivity contribution in [3.63, 3.8) is 0 Å². The van der Waals surface area contributed by atoms with Gasteiger partial charge in [-0.1, -0.05) is 27.5 Å². The largest absolute Gasteiger partial charge is 0.384 e. The van der Waals surface area contributed by atoms with Crippen LogP contribution in [0.5, 0.6) is 0 Å². The lowest BCUT2D eigenvalue weighted by Gasteiger charge is -2.07. The second-order valence-corrected chi connectivity index (χ2v) is 4.14. The van der Waals surface area contributed by atoms with Crippen LogP contribution in [0.3, 0.4) is 0 Å². The maximum Gasteiger partial charge on any atom is 0.0648 e. The molecule has 0 radical (unpaired) electrons. The summed E-state index contributed by atoms with van der Waals surface area (Å²) in [6.07, 6.45) is 1.41. The molecule has 2 nitrogen and oxygen atoms in total. The molecular formula is C10H10BrClN2. The molecule has 0 heterocycles. The Bertz CT molecular complexity index is 346. The van der Waals surface area contributed by atoms with E-state index in [-0.39, 0.29) is 0 Å². The van der Waals surface area contributed by atoms with Gasteiger partial charge in [0.15, 0.2) is 0 Å². The lowest BCUT2D eigenvalue weighted by molar-refractivity contribution is 0.897. The van der Waals surface area contributed by atoms with Crippen LogP contribution in [0.1, 0.15) is 12.8 Å². The van der Waals surface area contributed by atoms with E-state index in [2.05, 4.69) is 27.3 Å². The molecule has 1 aromatic rings. The Kier molecular flexibility index (Phi) is 4.78. The number of nitrogens with zero attached hydrogens (tertiary/aromatic N) is 1. The molecule has 0 amide bonds. The first kappa shape index (κ1) is 11.4. The van der Waals surface area contributed by atoms with Gasteiger partial charge in [0.25, 0.3) is 0 Å². The van der Waals surface area contributed by atoms with Crippen LogP contribution in [0.2, 0.25) is 5.02 Å². The molecule has 0 atom stereocenters. The number of hydrogen-bond acceptors (Lipinski definition) is 2. The third kappa shape index (κ3) is 3.57. The highest BCUT2D eigenvalue weighted by molar-refractivity contribution is 9.10. The van der Waals surface area contributed by atoms with E-state index in [1.54, 1.807) is 0 Å². The Morgan fingerprint density at radius 2 is 2.29 bits per heavy atom. The number of nitrogens with one attached hydrogen (secondary N) is 1. The molecule has 1 N–H and O–H groups in total. The lowest BCUT2D eigenvalue weighted by atomic mass is 10.3. The molecule has 0 saturated carbocycles. The topological polar surface area (TPSA) is 35.8 Å². The van der Waals surface area contributed by atoms with Crippen LogP contribution < -0.4 is 5.32 Å². The van der Waals surface area contributed by atoms with Crippen LogP contribution in [0.15, 0.2) is 22.7 Å². The van der Waals surface area contributed by atoms with Crippen molar-refractivity contribution in [1.29, 1.82) is 5.26 Å². The van der Waals surface area contributed by atoms with Gasteiger partial charge in [-0.05, 0) is 24.6 Å². The standard InChI is InChI=1S/C10H10BrClN2/c11-8-3-4-10(9(12)7-8)14-6-2-1-5-13/h3-4,7,14H,1-2,6H2. The number of rotatable bonds is 4. The molecule has 0 bridgehead atoms. The summed E-state index contributed by atoms with van der Waals surface area (Å²) >= 11 is 9.32. The average molecular weight is 274 g/mol. The van der Waals surface area contributed by atoms with Gasteiger partial charge in [-0.25, -0.2) is 0 Å². The molecule has 0 spiro atoms. The highest BCUT2D eigenvalue weighted by Gasteiger charge is 1.99. The van der Waals surface area contributed by atoms with E-state index in [9.17, 15) is 0 Å². The molecule has 0 saturated heterocycles. The van der Waals surface area contributed by atoms with Gasteiger partial charge in [0, 0.05) is 17.4 Å². The first-order valence-corrected chi connectivity index (χ1v) is 5.47. The van der Waals surface area contributed by atoms with Crippen molar-refractivity contribution in [2.24, 2.45) is 0 Å². The van der Waals surface area contributed by atoms with Crippen molar-refractivity contribution in [3.8, 4) is 6.07 Å². The van der Waals surface area contributed by atoms with E-state index < -0.39 is 0 Å². The van der Waals surface area contributed by atoms with Gasteiger partial charge in [0.05, 0.1) is 16.8 Å². The van der Waals surface area contributed by atoms with Crippen molar-refractivity contribution in [2.75, 3.05) is 11.9 Å². The maximum absolute atomic E-state index is 8.34. The molecule has 1 aromatic carbocycles. The molecule has 0 aliphatic carbocycles. The van der Waals surface area contributed by atoms with Crippen molar-refractivity contribution in [1.82, 2.24) is 0 Å². The summed E-state index contributed by atoms with van der Waals surface area (Å²) in [4.78, 5) is 0. The van der Waals surface area contributed by atoms with Crippen LogP contribution >= 0.6 is 27.5 Å². The van der Waals surface area contributed by atoms with E-state index in [1.165, 1.54) is 0 Å². The van der Waals surface area contributed by atoms with E-state index in [0.717, 1.165) is 23.1 Å². The van der Waals surface area contributed by atoms with Gasteiger partial charge in [-0.15, -0.1) is 0 Å². The minimum atomic E-state index is 0.571. The fraction of sp³-hybridized carbons (Fsp3) is 0.300. The Morgan fingerprint density at radius 1 is 1.50 bits per heavy atom. The minimum absolute atomic E-state index is 0.571. The molecule has 1 rings (SSSR count). The van der Waals surface area contributed by atoms with E-state index in [1.807, 2.05) is 18.2 Å². The lowest BCUT2D eigenvalue weighted by Crippen LogP contribution is -2.01. The molecule has 74 valence electrons.